The summed E-state index contributed by atoms with van der Waals surface area (Å²) in [6, 6.07) is 0. The van der Waals surface area contributed by atoms with Gasteiger partial charge >= 0.3 is 0 Å². The first-order valence-corrected chi connectivity index (χ1v) is 3.57. The molecular weight excluding hydrogens is 108 g/mol. The smallest absolute Gasteiger partial charge is 0.00268 e. The third-order valence-corrected chi connectivity index (χ3v) is 2.22. The molecule has 0 N–H and O–H groups in total. The van der Waals surface area contributed by atoms with Crippen molar-refractivity contribution in [3.63, 3.8) is 0 Å². The van der Waals surface area contributed by atoms with Gasteiger partial charge in [0.05, 0.1) is 0 Å². The maximum Gasteiger partial charge on any atom is -0.00268 e. The molecule has 50 valence electrons. The van der Waals surface area contributed by atoms with Crippen molar-refractivity contribution in [2.24, 2.45) is 5.92 Å². The minimum Gasteiger partial charge on any atom is -0.0993 e. The van der Waals surface area contributed by atoms with Gasteiger partial charge in [0.1, 0.15) is 0 Å². The maximum absolute atomic E-state index is 3.98. The highest BCUT2D eigenvalue weighted by Crippen LogP contribution is 2.30. The molecule has 0 aromatic rings. The zero-order valence-electron chi connectivity index (χ0n) is 6.11. The Hall–Kier alpha value is -0.520. The highest BCUT2D eigenvalue weighted by Gasteiger charge is 2.14. The van der Waals surface area contributed by atoms with E-state index in [4.69, 9.17) is 0 Å². The number of hydrogen-bond acceptors (Lipinski definition) is 0. The standard InChI is InChI=1S/C9H14/c1-7-5-4-6-8(2)9(7)3/h9H,1-2,4-6H2,3H3. The van der Waals surface area contributed by atoms with Crippen LogP contribution in [0, 0.1) is 5.92 Å². The van der Waals surface area contributed by atoms with Gasteiger partial charge < -0.3 is 0 Å². The zero-order valence-corrected chi connectivity index (χ0v) is 6.11. The Morgan fingerprint density at radius 3 is 2.00 bits per heavy atom. The van der Waals surface area contributed by atoms with Crippen molar-refractivity contribution >= 4 is 0 Å². The first-order valence-electron chi connectivity index (χ1n) is 3.57. The van der Waals surface area contributed by atoms with Crippen molar-refractivity contribution in [2.75, 3.05) is 0 Å². The van der Waals surface area contributed by atoms with Crippen LogP contribution in [-0.4, -0.2) is 0 Å². The summed E-state index contributed by atoms with van der Waals surface area (Å²) < 4.78 is 0. The molecule has 1 aliphatic carbocycles. The Bertz CT molecular complexity index is 126. The van der Waals surface area contributed by atoms with E-state index in [0.717, 1.165) is 0 Å². The lowest BCUT2D eigenvalue weighted by Gasteiger charge is -2.22. The van der Waals surface area contributed by atoms with Gasteiger partial charge in [-0.15, -0.1) is 0 Å². The van der Waals surface area contributed by atoms with Crippen molar-refractivity contribution in [3.8, 4) is 0 Å². The average Bonchev–Trinajstić information content (AvgIpc) is 1.83. The Morgan fingerprint density at radius 2 is 1.67 bits per heavy atom. The minimum absolute atomic E-state index is 0.582. The van der Waals surface area contributed by atoms with Crippen LogP contribution in [0.1, 0.15) is 26.2 Å². The van der Waals surface area contributed by atoms with E-state index < -0.39 is 0 Å². The van der Waals surface area contributed by atoms with E-state index in [-0.39, 0.29) is 0 Å². The lowest BCUT2D eigenvalue weighted by atomic mass is 9.83. The lowest BCUT2D eigenvalue weighted by molar-refractivity contribution is 0.609. The molecule has 0 heterocycles. The molecule has 9 heavy (non-hydrogen) atoms. The van der Waals surface area contributed by atoms with Crippen LogP contribution < -0.4 is 0 Å². The Balaban J connectivity index is 2.62. The van der Waals surface area contributed by atoms with E-state index in [0.29, 0.717) is 5.92 Å². The second-order valence-corrected chi connectivity index (χ2v) is 2.89. The molecule has 0 heteroatoms. The van der Waals surface area contributed by atoms with Crippen LogP contribution in [0.2, 0.25) is 0 Å². The summed E-state index contributed by atoms with van der Waals surface area (Å²) in [5.74, 6) is 0.582. The topological polar surface area (TPSA) is 0 Å². The van der Waals surface area contributed by atoms with Gasteiger partial charge in [0.25, 0.3) is 0 Å². The molecule has 0 aromatic carbocycles. The average molecular weight is 122 g/mol. The van der Waals surface area contributed by atoms with Crippen LogP contribution >= 0.6 is 0 Å². The molecule has 1 rings (SSSR count). The van der Waals surface area contributed by atoms with E-state index in [1.54, 1.807) is 0 Å². The number of allylic oxidation sites excluding steroid dienone is 2. The summed E-state index contributed by atoms with van der Waals surface area (Å²) in [4.78, 5) is 0. The molecule has 0 saturated heterocycles. The van der Waals surface area contributed by atoms with Gasteiger partial charge in [-0.1, -0.05) is 31.2 Å². The summed E-state index contributed by atoms with van der Waals surface area (Å²) in [7, 11) is 0. The third-order valence-electron chi connectivity index (χ3n) is 2.22. The summed E-state index contributed by atoms with van der Waals surface area (Å²) in [6.07, 6.45) is 3.68. The largest absolute Gasteiger partial charge is 0.0993 e. The highest BCUT2D eigenvalue weighted by molar-refractivity contribution is 5.18. The molecule has 0 radical (unpaired) electrons. The molecule has 0 spiro atoms. The predicted molar refractivity (Wildman–Crippen MR) is 41.3 cm³/mol. The van der Waals surface area contributed by atoms with Gasteiger partial charge in [-0.2, -0.15) is 0 Å². The number of hydrogen-bond donors (Lipinski definition) is 0. The molecule has 1 fully saturated rings. The minimum atomic E-state index is 0.582. The Kier molecular flexibility index (Phi) is 1.75. The van der Waals surface area contributed by atoms with E-state index >= 15 is 0 Å². The monoisotopic (exact) mass is 122 g/mol. The van der Waals surface area contributed by atoms with Crippen molar-refractivity contribution in [1.82, 2.24) is 0 Å². The van der Waals surface area contributed by atoms with Crippen LogP contribution in [0.15, 0.2) is 24.3 Å². The van der Waals surface area contributed by atoms with Crippen LogP contribution in [-0.2, 0) is 0 Å². The molecule has 0 amide bonds. The van der Waals surface area contributed by atoms with Crippen LogP contribution in [0.25, 0.3) is 0 Å². The zero-order chi connectivity index (χ0) is 6.85. The van der Waals surface area contributed by atoms with Crippen LogP contribution in [0.5, 0.6) is 0 Å². The second-order valence-electron chi connectivity index (χ2n) is 2.89. The molecule has 0 aromatic heterocycles. The molecule has 0 nitrogen and oxygen atoms in total. The van der Waals surface area contributed by atoms with Gasteiger partial charge in [0.15, 0.2) is 0 Å². The molecule has 1 saturated carbocycles. The summed E-state index contributed by atoms with van der Waals surface area (Å²) >= 11 is 0. The van der Waals surface area contributed by atoms with Crippen molar-refractivity contribution in [2.45, 2.75) is 26.2 Å². The van der Waals surface area contributed by atoms with Gasteiger partial charge in [-0.3, -0.25) is 0 Å². The molecule has 0 bridgehead atoms. The highest BCUT2D eigenvalue weighted by atomic mass is 14.2. The first kappa shape index (κ1) is 6.60. The van der Waals surface area contributed by atoms with Crippen LogP contribution in [0.3, 0.4) is 0 Å². The van der Waals surface area contributed by atoms with Crippen molar-refractivity contribution < 1.29 is 0 Å². The molecular formula is C9H14. The third kappa shape index (κ3) is 1.24. The van der Waals surface area contributed by atoms with Gasteiger partial charge in [-0.25, -0.2) is 0 Å². The van der Waals surface area contributed by atoms with Crippen molar-refractivity contribution in [1.29, 1.82) is 0 Å². The first-order chi connectivity index (χ1) is 4.22. The fourth-order valence-corrected chi connectivity index (χ4v) is 1.26. The molecule has 0 atom stereocenters. The SMILES string of the molecule is C=C1CCCC(=C)C1C. The lowest BCUT2D eigenvalue weighted by Crippen LogP contribution is -2.07. The molecule has 0 unspecified atom stereocenters. The van der Waals surface area contributed by atoms with E-state index in [1.165, 1.54) is 30.4 Å². The molecule has 1 aliphatic rings. The van der Waals surface area contributed by atoms with Gasteiger partial charge in [0, 0.05) is 0 Å². The van der Waals surface area contributed by atoms with Gasteiger partial charge in [0.2, 0.25) is 0 Å². The summed E-state index contributed by atoms with van der Waals surface area (Å²) in [5, 5.41) is 0. The van der Waals surface area contributed by atoms with E-state index in [2.05, 4.69) is 20.1 Å². The summed E-state index contributed by atoms with van der Waals surface area (Å²) in [5.41, 5.74) is 2.73. The second kappa shape index (κ2) is 2.38. The van der Waals surface area contributed by atoms with Gasteiger partial charge in [-0.05, 0) is 25.2 Å². The maximum atomic E-state index is 3.98. The van der Waals surface area contributed by atoms with Crippen LogP contribution in [0.4, 0.5) is 0 Å². The Labute approximate surface area is 57.3 Å². The molecule has 0 aliphatic heterocycles. The predicted octanol–water partition coefficient (Wildman–Crippen LogP) is 2.92. The Morgan fingerprint density at radius 1 is 1.22 bits per heavy atom. The number of rotatable bonds is 0. The summed E-state index contributed by atoms with van der Waals surface area (Å²) in [6.45, 7) is 10.2. The fraction of sp³-hybridized carbons (Fsp3) is 0.556. The van der Waals surface area contributed by atoms with E-state index in [9.17, 15) is 0 Å². The normalized spacial score (nSPS) is 22.8. The van der Waals surface area contributed by atoms with E-state index in [1.807, 2.05) is 0 Å². The quantitative estimate of drug-likeness (QED) is 0.433. The fourth-order valence-electron chi connectivity index (χ4n) is 1.26. The van der Waals surface area contributed by atoms with Crippen molar-refractivity contribution in [3.05, 3.63) is 24.3 Å².